The third-order valence-electron chi connectivity index (χ3n) is 4.01. The molecule has 25 heavy (non-hydrogen) atoms. The van der Waals surface area contributed by atoms with Gasteiger partial charge < -0.3 is 5.11 Å². The van der Waals surface area contributed by atoms with Gasteiger partial charge in [-0.05, 0) is 48.4 Å². The number of carbonyl (C=O) groups is 1. The molecule has 0 aliphatic heterocycles. The molecule has 2 aromatic carbocycles. The van der Waals surface area contributed by atoms with Gasteiger partial charge in [0, 0.05) is 23.5 Å². The summed E-state index contributed by atoms with van der Waals surface area (Å²) in [7, 11) is -2.73. The zero-order chi connectivity index (χ0) is 18.8. The van der Waals surface area contributed by atoms with E-state index >= 15 is 0 Å². The normalized spacial score (nSPS) is 13.0. The number of sulfonamides is 1. The van der Waals surface area contributed by atoms with Crippen molar-refractivity contribution in [3.05, 3.63) is 63.6 Å². The van der Waals surface area contributed by atoms with E-state index < -0.39 is 22.0 Å². The van der Waals surface area contributed by atoms with E-state index in [2.05, 4.69) is 0 Å². The van der Waals surface area contributed by atoms with Gasteiger partial charge in [0.1, 0.15) is 6.04 Å². The van der Waals surface area contributed by atoms with E-state index in [4.69, 9.17) is 23.2 Å². The monoisotopic (exact) mass is 401 g/mol. The first kappa shape index (κ1) is 19.7. The van der Waals surface area contributed by atoms with Crippen molar-refractivity contribution >= 4 is 39.2 Å². The number of nitrogens with zero attached hydrogens (tertiary/aromatic N) is 1. The van der Waals surface area contributed by atoms with Crippen LogP contribution in [0.5, 0.6) is 0 Å². The van der Waals surface area contributed by atoms with Crippen LogP contribution in [-0.4, -0.2) is 36.9 Å². The third-order valence-corrected chi connectivity index (χ3v) is 6.55. The molecule has 0 aromatic heterocycles. The predicted molar refractivity (Wildman–Crippen MR) is 97.7 cm³/mol. The average Bonchev–Trinajstić information content (AvgIpc) is 2.55. The van der Waals surface area contributed by atoms with E-state index in [1.54, 1.807) is 25.1 Å². The van der Waals surface area contributed by atoms with Crippen molar-refractivity contribution in [2.24, 2.45) is 0 Å². The van der Waals surface area contributed by atoms with E-state index in [1.807, 2.05) is 0 Å². The van der Waals surface area contributed by atoms with E-state index in [-0.39, 0.29) is 11.3 Å². The summed E-state index contributed by atoms with van der Waals surface area (Å²) < 4.78 is 26.3. The zero-order valence-electron chi connectivity index (χ0n) is 13.6. The van der Waals surface area contributed by atoms with Gasteiger partial charge in [-0.25, -0.2) is 8.42 Å². The molecule has 2 aromatic rings. The van der Waals surface area contributed by atoms with Crippen LogP contribution in [0.1, 0.15) is 11.1 Å². The highest BCUT2D eigenvalue weighted by Gasteiger charge is 2.33. The van der Waals surface area contributed by atoms with Crippen LogP contribution in [0, 0.1) is 6.92 Å². The lowest BCUT2D eigenvalue weighted by molar-refractivity contribution is -0.141. The second-order valence-electron chi connectivity index (χ2n) is 5.56. The maximum atomic E-state index is 12.7. The van der Waals surface area contributed by atoms with E-state index in [0.717, 1.165) is 9.87 Å². The molecule has 5 nitrogen and oxygen atoms in total. The predicted octanol–water partition coefficient (Wildman–Crippen LogP) is 3.62. The summed E-state index contributed by atoms with van der Waals surface area (Å²) in [6, 6.07) is 9.45. The van der Waals surface area contributed by atoms with Gasteiger partial charge in [0.15, 0.2) is 0 Å². The molecular formula is C17H17Cl2NO4S. The minimum absolute atomic E-state index is 0.00501. The number of carboxylic acids is 1. The number of hydrogen-bond donors (Lipinski definition) is 1. The molecule has 134 valence electrons. The molecule has 0 saturated carbocycles. The van der Waals surface area contributed by atoms with E-state index in [9.17, 15) is 18.3 Å². The highest BCUT2D eigenvalue weighted by molar-refractivity contribution is 7.89. The Morgan fingerprint density at radius 3 is 2.32 bits per heavy atom. The molecule has 8 heteroatoms. The van der Waals surface area contributed by atoms with Gasteiger partial charge in [0.25, 0.3) is 0 Å². The van der Waals surface area contributed by atoms with Crippen LogP contribution in [0.3, 0.4) is 0 Å². The number of benzene rings is 2. The Kier molecular flexibility index (Phi) is 6.11. The second-order valence-corrected chi connectivity index (χ2v) is 8.40. The maximum absolute atomic E-state index is 12.7. The fourth-order valence-electron chi connectivity index (χ4n) is 2.39. The first-order valence-electron chi connectivity index (χ1n) is 7.35. The maximum Gasteiger partial charge on any atom is 0.322 e. The molecule has 1 N–H and O–H groups in total. The molecule has 0 radical (unpaired) electrons. The summed E-state index contributed by atoms with van der Waals surface area (Å²) in [6.45, 7) is 1.77. The standard InChI is InChI=1S/C17H17Cl2NO4S/c1-11-12(4-3-5-15(11)19)10-16(17(21)22)20(2)25(23,24)14-8-6-13(18)7-9-14/h3-9,16H,10H2,1-2H3,(H,21,22). The van der Waals surface area contributed by atoms with Crippen molar-refractivity contribution in [1.82, 2.24) is 4.31 Å². The molecule has 1 unspecified atom stereocenters. The van der Waals surface area contributed by atoms with Gasteiger partial charge >= 0.3 is 5.97 Å². The van der Waals surface area contributed by atoms with Gasteiger partial charge in [-0.2, -0.15) is 4.31 Å². The van der Waals surface area contributed by atoms with Crippen LogP contribution < -0.4 is 0 Å². The molecule has 0 aliphatic carbocycles. The van der Waals surface area contributed by atoms with Gasteiger partial charge in [-0.1, -0.05) is 35.3 Å². The van der Waals surface area contributed by atoms with E-state index in [1.165, 1.54) is 31.3 Å². The number of likely N-dealkylation sites (N-methyl/N-ethyl adjacent to an activating group) is 1. The minimum atomic E-state index is -3.98. The summed E-state index contributed by atoms with van der Waals surface area (Å²) in [6.07, 6.45) is 0.00501. The molecule has 0 fully saturated rings. The molecule has 1 atom stereocenters. The SMILES string of the molecule is Cc1c(Cl)cccc1CC(C(=O)O)N(C)S(=O)(=O)c1ccc(Cl)cc1. The number of aliphatic carboxylic acids is 1. The van der Waals surface area contributed by atoms with Crippen molar-refractivity contribution in [2.45, 2.75) is 24.3 Å². The first-order valence-corrected chi connectivity index (χ1v) is 9.54. The highest BCUT2D eigenvalue weighted by Crippen LogP contribution is 2.24. The van der Waals surface area contributed by atoms with Crippen molar-refractivity contribution < 1.29 is 18.3 Å². The second kappa shape index (κ2) is 7.74. The van der Waals surface area contributed by atoms with Crippen molar-refractivity contribution in [1.29, 1.82) is 0 Å². The fraction of sp³-hybridized carbons (Fsp3) is 0.235. The van der Waals surface area contributed by atoms with Crippen molar-refractivity contribution in [3.8, 4) is 0 Å². The lowest BCUT2D eigenvalue weighted by Gasteiger charge is -2.25. The molecular weight excluding hydrogens is 385 g/mol. The van der Waals surface area contributed by atoms with Crippen LogP contribution >= 0.6 is 23.2 Å². The Morgan fingerprint density at radius 2 is 1.76 bits per heavy atom. The van der Waals surface area contributed by atoms with E-state index in [0.29, 0.717) is 15.6 Å². The lowest BCUT2D eigenvalue weighted by atomic mass is 10.0. The molecule has 2 rings (SSSR count). The summed E-state index contributed by atoms with van der Waals surface area (Å²) in [5.41, 5.74) is 1.41. The number of carboxylic acid groups (broad SMARTS) is 1. The van der Waals surface area contributed by atoms with Crippen LogP contribution in [0.25, 0.3) is 0 Å². The topological polar surface area (TPSA) is 74.7 Å². The molecule has 0 aliphatic rings. The Bertz CT molecular complexity index is 882. The first-order chi connectivity index (χ1) is 11.6. The molecule has 0 spiro atoms. The largest absolute Gasteiger partial charge is 0.480 e. The summed E-state index contributed by atoms with van der Waals surface area (Å²) in [4.78, 5) is 11.7. The molecule has 0 amide bonds. The van der Waals surface area contributed by atoms with Crippen molar-refractivity contribution in [3.63, 3.8) is 0 Å². The molecule has 0 saturated heterocycles. The summed E-state index contributed by atoms with van der Waals surface area (Å²) >= 11 is 11.8. The Labute approximate surface area is 156 Å². The lowest BCUT2D eigenvalue weighted by Crippen LogP contribution is -2.43. The summed E-state index contributed by atoms with van der Waals surface area (Å²) in [5.74, 6) is -1.24. The third kappa shape index (κ3) is 4.33. The van der Waals surface area contributed by atoms with Crippen LogP contribution in [0.2, 0.25) is 10.0 Å². The summed E-state index contributed by atoms with van der Waals surface area (Å²) in [5, 5.41) is 10.5. The Hall–Kier alpha value is -1.60. The Morgan fingerprint density at radius 1 is 1.16 bits per heavy atom. The fourth-order valence-corrected chi connectivity index (χ4v) is 4.03. The zero-order valence-corrected chi connectivity index (χ0v) is 15.9. The molecule has 0 bridgehead atoms. The van der Waals surface area contributed by atoms with Crippen LogP contribution in [-0.2, 0) is 21.2 Å². The highest BCUT2D eigenvalue weighted by atomic mass is 35.5. The number of hydrogen-bond acceptors (Lipinski definition) is 3. The van der Waals surface area contributed by atoms with Crippen molar-refractivity contribution in [2.75, 3.05) is 7.05 Å². The number of halogens is 2. The Balaban J connectivity index is 2.37. The average molecular weight is 402 g/mol. The molecule has 0 heterocycles. The smallest absolute Gasteiger partial charge is 0.322 e. The van der Waals surface area contributed by atoms with Gasteiger partial charge in [0.05, 0.1) is 4.90 Å². The minimum Gasteiger partial charge on any atom is -0.480 e. The van der Waals surface area contributed by atoms with Crippen LogP contribution in [0.15, 0.2) is 47.4 Å². The number of rotatable bonds is 6. The van der Waals surface area contributed by atoms with Gasteiger partial charge in [-0.15, -0.1) is 0 Å². The van der Waals surface area contributed by atoms with Gasteiger partial charge in [-0.3, -0.25) is 4.79 Å². The van der Waals surface area contributed by atoms with Crippen LogP contribution in [0.4, 0.5) is 0 Å². The quantitative estimate of drug-likeness (QED) is 0.801. The van der Waals surface area contributed by atoms with Gasteiger partial charge in [0.2, 0.25) is 10.0 Å².